The first kappa shape index (κ1) is 14.3. The molecule has 0 aliphatic carbocycles. The van der Waals surface area contributed by atoms with E-state index < -0.39 is 0 Å². The van der Waals surface area contributed by atoms with E-state index >= 15 is 0 Å². The van der Waals surface area contributed by atoms with Crippen LogP contribution in [0.2, 0.25) is 5.02 Å². The molecule has 2 aliphatic heterocycles. The standard InChI is InChI=1S/C16H22ClFN2/c17-14-9-13(3-4-15(14)18)10-20-8-2-6-16(12-20)5-1-7-19-11-16/h3-4,9,19H,1-2,5-8,10-12H2. The van der Waals surface area contributed by atoms with Crippen molar-refractivity contribution in [3.8, 4) is 0 Å². The van der Waals surface area contributed by atoms with Gasteiger partial charge in [-0.25, -0.2) is 4.39 Å². The van der Waals surface area contributed by atoms with Gasteiger partial charge >= 0.3 is 0 Å². The van der Waals surface area contributed by atoms with Crippen LogP contribution < -0.4 is 5.32 Å². The monoisotopic (exact) mass is 296 g/mol. The third kappa shape index (κ3) is 3.16. The topological polar surface area (TPSA) is 15.3 Å². The fourth-order valence-electron chi connectivity index (χ4n) is 3.72. The van der Waals surface area contributed by atoms with Gasteiger partial charge in [-0.15, -0.1) is 0 Å². The molecule has 1 aromatic rings. The van der Waals surface area contributed by atoms with Crippen molar-refractivity contribution in [3.63, 3.8) is 0 Å². The Morgan fingerprint density at radius 3 is 2.90 bits per heavy atom. The van der Waals surface area contributed by atoms with Crippen LogP contribution in [0.25, 0.3) is 0 Å². The lowest BCUT2D eigenvalue weighted by atomic mass is 9.74. The number of nitrogens with zero attached hydrogens (tertiary/aromatic N) is 1. The number of rotatable bonds is 2. The Kier molecular flexibility index (Phi) is 4.29. The number of benzene rings is 1. The van der Waals surface area contributed by atoms with Gasteiger partial charge in [0.25, 0.3) is 0 Å². The maximum atomic E-state index is 13.2. The summed E-state index contributed by atoms with van der Waals surface area (Å²) in [6.45, 7) is 5.47. The molecule has 0 aromatic heterocycles. The van der Waals surface area contributed by atoms with Crippen LogP contribution in [0, 0.1) is 11.2 Å². The summed E-state index contributed by atoms with van der Waals surface area (Å²) in [5.74, 6) is -0.331. The van der Waals surface area contributed by atoms with Crippen LogP contribution in [-0.2, 0) is 6.54 Å². The van der Waals surface area contributed by atoms with E-state index in [0.717, 1.165) is 38.3 Å². The molecule has 1 spiro atoms. The molecular weight excluding hydrogens is 275 g/mol. The zero-order chi connectivity index (χ0) is 14.0. The normalized spacial score (nSPS) is 27.9. The highest BCUT2D eigenvalue weighted by Crippen LogP contribution is 2.36. The first-order valence-corrected chi connectivity index (χ1v) is 7.92. The molecule has 2 fully saturated rings. The summed E-state index contributed by atoms with van der Waals surface area (Å²) in [6, 6.07) is 5.08. The lowest BCUT2D eigenvalue weighted by Crippen LogP contribution is -2.50. The van der Waals surface area contributed by atoms with Crippen molar-refractivity contribution in [1.29, 1.82) is 0 Å². The SMILES string of the molecule is Fc1ccc(CN2CCCC3(CCCNC3)C2)cc1Cl. The highest BCUT2D eigenvalue weighted by Gasteiger charge is 2.36. The van der Waals surface area contributed by atoms with Gasteiger partial charge in [0, 0.05) is 19.6 Å². The Labute approximate surface area is 125 Å². The van der Waals surface area contributed by atoms with Gasteiger partial charge in [-0.3, -0.25) is 4.90 Å². The summed E-state index contributed by atoms with van der Waals surface area (Å²) in [7, 11) is 0. The van der Waals surface area contributed by atoms with Crippen LogP contribution in [-0.4, -0.2) is 31.1 Å². The molecule has 3 rings (SSSR count). The summed E-state index contributed by atoms with van der Waals surface area (Å²) in [5, 5.41) is 3.78. The molecule has 1 unspecified atom stereocenters. The van der Waals surface area contributed by atoms with Gasteiger partial charge in [0.05, 0.1) is 5.02 Å². The molecule has 2 heterocycles. The Bertz CT molecular complexity index is 466. The minimum Gasteiger partial charge on any atom is -0.316 e. The van der Waals surface area contributed by atoms with Gasteiger partial charge in [0.15, 0.2) is 0 Å². The maximum absolute atomic E-state index is 13.2. The van der Waals surface area contributed by atoms with Gasteiger partial charge in [-0.1, -0.05) is 17.7 Å². The second-order valence-corrected chi connectivity index (χ2v) is 6.75. The number of hydrogen-bond acceptors (Lipinski definition) is 2. The van der Waals surface area contributed by atoms with Crippen molar-refractivity contribution in [3.05, 3.63) is 34.6 Å². The van der Waals surface area contributed by atoms with Crippen LogP contribution >= 0.6 is 11.6 Å². The third-order valence-corrected chi connectivity index (χ3v) is 4.98. The summed E-state index contributed by atoms with van der Waals surface area (Å²) < 4.78 is 13.2. The van der Waals surface area contributed by atoms with Gasteiger partial charge in [-0.2, -0.15) is 0 Å². The highest BCUT2D eigenvalue weighted by atomic mass is 35.5. The van der Waals surface area contributed by atoms with Crippen LogP contribution in [0.4, 0.5) is 4.39 Å². The van der Waals surface area contributed by atoms with Crippen LogP contribution in [0.15, 0.2) is 18.2 Å². The second-order valence-electron chi connectivity index (χ2n) is 6.34. The van der Waals surface area contributed by atoms with Crippen molar-refractivity contribution in [2.45, 2.75) is 32.2 Å². The Hall–Kier alpha value is -0.640. The fourth-order valence-corrected chi connectivity index (χ4v) is 3.92. The van der Waals surface area contributed by atoms with Gasteiger partial charge in [0.2, 0.25) is 0 Å². The molecule has 2 aliphatic rings. The lowest BCUT2D eigenvalue weighted by molar-refractivity contribution is 0.0600. The average Bonchev–Trinajstić information content (AvgIpc) is 2.44. The van der Waals surface area contributed by atoms with Crippen LogP contribution in [0.3, 0.4) is 0 Å². The molecule has 1 atom stereocenters. The highest BCUT2D eigenvalue weighted by molar-refractivity contribution is 6.30. The smallest absolute Gasteiger partial charge is 0.141 e. The maximum Gasteiger partial charge on any atom is 0.141 e. The summed E-state index contributed by atoms with van der Waals surface area (Å²) in [6.07, 6.45) is 5.22. The van der Waals surface area contributed by atoms with E-state index in [1.54, 1.807) is 6.07 Å². The lowest BCUT2D eigenvalue weighted by Gasteiger charge is -2.45. The summed E-state index contributed by atoms with van der Waals surface area (Å²) >= 11 is 5.87. The van der Waals surface area contributed by atoms with Crippen molar-refractivity contribution in [1.82, 2.24) is 10.2 Å². The largest absolute Gasteiger partial charge is 0.316 e. The van der Waals surface area contributed by atoms with Gasteiger partial charge in [-0.05, 0) is 61.9 Å². The summed E-state index contributed by atoms with van der Waals surface area (Å²) in [5.41, 5.74) is 1.57. The molecule has 2 saturated heterocycles. The first-order chi connectivity index (χ1) is 9.67. The van der Waals surface area contributed by atoms with Crippen molar-refractivity contribution >= 4 is 11.6 Å². The van der Waals surface area contributed by atoms with Gasteiger partial charge in [0.1, 0.15) is 5.82 Å². The second kappa shape index (κ2) is 6.00. The number of nitrogens with one attached hydrogen (secondary N) is 1. The predicted molar refractivity (Wildman–Crippen MR) is 80.5 cm³/mol. The number of halogens is 2. The Morgan fingerprint density at radius 2 is 2.15 bits per heavy atom. The molecule has 0 radical (unpaired) electrons. The molecule has 0 amide bonds. The van der Waals surface area contributed by atoms with Crippen molar-refractivity contribution < 1.29 is 4.39 Å². The van der Waals surface area contributed by atoms with Crippen molar-refractivity contribution in [2.24, 2.45) is 5.41 Å². The quantitative estimate of drug-likeness (QED) is 0.899. The molecular formula is C16H22ClFN2. The minimum absolute atomic E-state index is 0.230. The van der Waals surface area contributed by atoms with E-state index in [-0.39, 0.29) is 10.8 Å². The number of likely N-dealkylation sites (tertiary alicyclic amines) is 1. The first-order valence-electron chi connectivity index (χ1n) is 7.54. The Morgan fingerprint density at radius 1 is 1.30 bits per heavy atom. The van der Waals surface area contributed by atoms with Gasteiger partial charge < -0.3 is 5.32 Å². The molecule has 110 valence electrons. The minimum atomic E-state index is -0.331. The van der Waals surface area contributed by atoms with E-state index in [4.69, 9.17) is 11.6 Å². The Balaban J connectivity index is 1.66. The third-order valence-electron chi connectivity index (χ3n) is 4.69. The number of hydrogen-bond donors (Lipinski definition) is 1. The molecule has 2 nitrogen and oxygen atoms in total. The van der Waals surface area contributed by atoms with Crippen LogP contribution in [0.5, 0.6) is 0 Å². The average molecular weight is 297 g/mol. The number of piperidine rings is 2. The molecule has 0 saturated carbocycles. The molecule has 20 heavy (non-hydrogen) atoms. The molecule has 1 N–H and O–H groups in total. The zero-order valence-corrected chi connectivity index (χ0v) is 12.6. The molecule has 4 heteroatoms. The van der Waals surface area contributed by atoms with Crippen molar-refractivity contribution in [2.75, 3.05) is 26.2 Å². The van der Waals surface area contributed by atoms with Crippen LogP contribution in [0.1, 0.15) is 31.2 Å². The van der Waals surface area contributed by atoms with E-state index in [1.165, 1.54) is 31.7 Å². The zero-order valence-electron chi connectivity index (χ0n) is 11.8. The van der Waals surface area contributed by atoms with E-state index in [9.17, 15) is 4.39 Å². The fraction of sp³-hybridized carbons (Fsp3) is 0.625. The van der Waals surface area contributed by atoms with E-state index in [1.807, 2.05) is 6.07 Å². The molecule has 1 aromatic carbocycles. The van der Waals surface area contributed by atoms with E-state index in [2.05, 4.69) is 10.2 Å². The molecule has 0 bridgehead atoms. The van der Waals surface area contributed by atoms with E-state index in [0.29, 0.717) is 5.41 Å². The predicted octanol–water partition coefficient (Wildman–Crippen LogP) is 3.44. The summed E-state index contributed by atoms with van der Waals surface area (Å²) in [4.78, 5) is 2.50.